The van der Waals surface area contributed by atoms with Crippen LogP contribution in [0.5, 0.6) is 5.75 Å². The number of benzene rings is 1. The largest absolute Gasteiger partial charge is 0.494 e. The van der Waals surface area contributed by atoms with Crippen LogP contribution in [-0.2, 0) is 17.8 Å². The monoisotopic (exact) mass is 539 g/mol. The van der Waals surface area contributed by atoms with Crippen molar-refractivity contribution in [2.75, 3.05) is 45.3 Å². The predicted octanol–water partition coefficient (Wildman–Crippen LogP) is 3.53. The van der Waals surface area contributed by atoms with Crippen molar-refractivity contribution >= 4 is 35.8 Å². The van der Waals surface area contributed by atoms with Crippen molar-refractivity contribution in [3.8, 4) is 5.75 Å². The second-order valence-corrected chi connectivity index (χ2v) is 7.49. The van der Waals surface area contributed by atoms with E-state index in [1.54, 1.807) is 7.05 Å². The van der Waals surface area contributed by atoms with Gasteiger partial charge in [-0.05, 0) is 43.2 Å². The molecule has 1 aliphatic heterocycles. The molecule has 1 N–H and O–H groups in total. The summed E-state index contributed by atoms with van der Waals surface area (Å²) >= 11 is 0. The number of pyridine rings is 1. The third kappa shape index (κ3) is 7.53. The van der Waals surface area contributed by atoms with Gasteiger partial charge in [0, 0.05) is 46.5 Å². The Balaban J connectivity index is 0.00000341. The molecule has 1 aromatic carbocycles. The molecule has 1 saturated heterocycles. The normalized spacial score (nSPS) is 16.5. The Labute approximate surface area is 202 Å². The summed E-state index contributed by atoms with van der Waals surface area (Å²) in [4.78, 5) is 13.4. The molecule has 0 aliphatic carbocycles. The smallest absolute Gasteiger partial charge is 0.193 e. The predicted molar refractivity (Wildman–Crippen MR) is 137 cm³/mol. The average Bonchev–Trinajstić information content (AvgIpc) is 2.76. The number of morpholine rings is 1. The first-order valence-electron chi connectivity index (χ1n) is 10.5. The first-order valence-corrected chi connectivity index (χ1v) is 10.5. The van der Waals surface area contributed by atoms with Gasteiger partial charge in [-0.1, -0.05) is 18.2 Å². The summed E-state index contributed by atoms with van der Waals surface area (Å²) in [7, 11) is 3.84. The second-order valence-electron chi connectivity index (χ2n) is 7.49. The van der Waals surface area contributed by atoms with Crippen LogP contribution < -0.4 is 15.0 Å². The molecule has 0 bridgehead atoms. The fraction of sp³-hybridized carbons (Fsp3) is 0.478. The molecule has 0 saturated carbocycles. The first kappa shape index (κ1) is 25.2. The third-order valence-electron chi connectivity index (χ3n) is 5.05. The zero-order valence-electron chi connectivity index (χ0n) is 18.9. The van der Waals surface area contributed by atoms with E-state index < -0.39 is 0 Å². The summed E-state index contributed by atoms with van der Waals surface area (Å²) in [5.41, 5.74) is 2.32. The van der Waals surface area contributed by atoms with Gasteiger partial charge < -0.3 is 24.6 Å². The number of halogens is 1. The fourth-order valence-electron chi connectivity index (χ4n) is 3.51. The lowest BCUT2D eigenvalue weighted by atomic mass is 10.2. The zero-order chi connectivity index (χ0) is 21.3. The second kappa shape index (κ2) is 12.7. The van der Waals surface area contributed by atoms with Gasteiger partial charge in [0.15, 0.2) is 5.96 Å². The van der Waals surface area contributed by atoms with Gasteiger partial charge in [0.2, 0.25) is 0 Å². The lowest BCUT2D eigenvalue weighted by molar-refractivity contribution is 0.0529. The molecule has 2 aromatic rings. The van der Waals surface area contributed by atoms with Crippen LogP contribution in [-0.4, -0.2) is 62.3 Å². The molecule has 0 amide bonds. The molecular weight excluding hydrogens is 505 g/mol. The Morgan fingerprint density at radius 3 is 2.61 bits per heavy atom. The molecule has 1 atom stereocenters. The van der Waals surface area contributed by atoms with E-state index in [0.29, 0.717) is 13.2 Å². The van der Waals surface area contributed by atoms with Gasteiger partial charge in [-0.3, -0.25) is 4.99 Å². The van der Waals surface area contributed by atoms with E-state index >= 15 is 0 Å². The highest BCUT2D eigenvalue weighted by Gasteiger charge is 2.17. The Morgan fingerprint density at radius 2 is 2.00 bits per heavy atom. The van der Waals surface area contributed by atoms with Gasteiger partial charge in [0.25, 0.3) is 0 Å². The van der Waals surface area contributed by atoms with Crippen molar-refractivity contribution in [2.45, 2.75) is 33.0 Å². The number of hydrogen-bond acceptors (Lipinski definition) is 5. The Kier molecular flexibility index (Phi) is 10.3. The number of aliphatic imine (C=N–C) groups is 1. The minimum Gasteiger partial charge on any atom is -0.494 e. The molecule has 170 valence electrons. The van der Waals surface area contributed by atoms with Crippen LogP contribution in [0.2, 0.25) is 0 Å². The third-order valence-corrected chi connectivity index (χ3v) is 5.05. The highest BCUT2D eigenvalue weighted by Crippen LogP contribution is 2.16. The van der Waals surface area contributed by atoms with Crippen LogP contribution in [0.3, 0.4) is 0 Å². The van der Waals surface area contributed by atoms with Crippen molar-refractivity contribution in [1.82, 2.24) is 15.2 Å². The molecular formula is C23H34IN5O2. The summed E-state index contributed by atoms with van der Waals surface area (Å²) in [6.07, 6.45) is 2.18. The van der Waals surface area contributed by atoms with Crippen molar-refractivity contribution < 1.29 is 9.47 Å². The molecule has 2 heterocycles. The van der Waals surface area contributed by atoms with Crippen molar-refractivity contribution in [3.63, 3.8) is 0 Å². The number of nitrogens with zero attached hydrogens (tertiary/aromatic N) is 4. The maximum absolute atomic E-state index is 5.61. The van der Waals surface area contributed by atoms with Gasteiger partial charge in [-0.25, -0.2) is 4.98 Å². The maximum atomic E-state index is 5.61. The van der Waals surface area contributed by atoms with Gasteiger partial charge in [0.05, 0.1) is 19.3 Å². The molecule has 0 radical (unpaired) electrons. The highest BCUT2D eigenvalue weighted by molar-refractivity contribution is 14.0. The Morgan fingerprint density at radius 1 is 1.26 bits per heavy atom. The number of rotatable bonds is 7. The summed E-state index contributed by atoms with van der Waals surface area (Å²) in [5, 5.41) is 3.42. The summed E-state index contributed by atoms with van der Waals surface area (Å²) in [6, 6.07) is 12.4. The van der Waals surface area contributed by atoms with Crippen LogP contribution in [0.15, 0.2) is 47.6 Å². The number of aromatic nitrogens is 1. The van der Waals surface area contributed by atoms with Gasteiger partial charge in [0.1, 0.15) is 11.6 Å². The molecule has 31 heavy (non-hydrogen) atoms. The molecule has 1 unspecified atom stereocenters. The number of anilines is 1. The molecule has 7 nitrogen and oxygen atoms in total. The molecule has 3 rings (SSSR count). The van der Waals surface area contributed by atoms with Crippen LogP contribution in [0.4, 0.5) is 5.82 Å². The lowest BCUT2D eigenvalue weighted by Gasteiger charge is -2.32. The van der Waals surface area contributed by atoms with Crippen molar-refractivity contribution in [2.24, 2.45) is 4.99 Å². The van der Waals surface area contributed by atoms with E-state index in [1.807, 2.05) is 32.3 Å². The van der Waals surface area contributed by atoms with Crippen LogP contribution in [0.25, 0.3) is 0 Å². The quantitative estimate of drug-likeness (QED) is 0.330. The van der Waals surface area contributed by atoms with E-state index in [-0.39, 0.29) is 30.1 Å². The van der Waals surface area contributed by atoms with Gasteiger partial charge >= 0.3 is 0 Å². The molecule has 8 heteroatoms. The van der Waals surface area contributed by atoms with E-state index in [1.165, 1.54) is 5.56 Å². The summed E-state index contributed by atoms with van der Waals surface area (Å²) < 4.78 is 11.1. The number of hydrogen-bond donors (Lipinski definition) is 1. The number of nitrogens with one attached hydrogen (secondary N) is 1. The lowest BCUT2D eigenvalue weighted by Crippen LogP contribution is -2.41. The van der Waals surface area contributed by atoms with E-state index in [9.17, 15) is 0 Å². The molecule has 1 aromatic heterocycles. The maximum Gasteiger partial charge on any atom is 0.193 e. The average molecular weight is 539 g/mol. The molecule has 0 spiro atoms. The van der Waals surface area contributed by atoms with Crippen LogP contribution >= 0.6 is 24.0 Å². The van der Waals surface area contributed by atoms with Crippen LogP contribution in [0.1, 0.15) is 25.0 Å². The highest BCUT2D eigenvalue weighted by atomic mass is 127. The van der Waals surface area contributed by atoms with E-state index in [4.69, 9.17) is 9.47 Å². The Bertz CT molecular complexity index is 814. The standard InChI is InChI=1S/C23H33N5O2.HI/c1-5-29-21-9-6-19(7-10-21)17-27(4)23(24-3)26-15-20-8-11-22(25-14-20)28-12-13-30-18(2)16-28;/h6-11,14,18H,5,12-13,15-17H2,1-4H3,(H,24,26);1H. The summed E-state index contributed by atoms with van der Waals surface area (Å²) in [6.45, 7) is 8.72. The van der Waals surface area contributed by atoms with Gasteiger partial charge in [-0.15, -0.1) is 24.0 Å². The summed E-state index contributed by atoms with van der Waals surface area (Å²) in [5.74, 6) is 2.75. The first-order chi connectivity index (χ1) is 14.6. The number of ether oxygens (including phenoxy) is 2. The van der Waals surface area contributed by atoms with E-state index in [0.717, 1.165) is 49.3 Å². The topological polar surface area (TPSA) is 62.2 Å². The SMILES string of the molecule is CCOc1ccc(CN(C)C(=NC)NCc2ccc(N3CCOC(C)C3)nc2)cc1.I. The fourth-order valence-corrected chi connectivity index (χ4v) is 3.51. The number of guanidine groups is 1. The van der Waals surface area contributed by atoms with Crippen molar-refractivity contribution in [3.05, 3.63) is 53.7 Å². The van der Waals surface area contributed by atoms with Crippen molar-refractivity contribution in [1.29, 1.82) is 0 Å². The zero-order valence-corrected chi connectivity index (χ0v) is 21.2. The Hall–Kier alpha value is -2.07. The minimum atomic E-state index is 0. The van der Waals surface area contributed by atoms with E-state index in [2.05, 4.69) is 56.3 Å². The minimum absolute atomic E-state index is 0. The van der Waals surface area contributed by atoms with Gasteiger partial charge in [-0.2, -0.15) is 0 Å². The molecule has 1 aliphatic rings. The van der Waals surface area contributed by atoms with Crippen LogP contribution in [0, 0.1) is 0 Å². The molecule has 1 fully saturated rings.